The lowest BCUT2D eigenvalue weighted by molar-refractivity contribution is -0.124. The van der Waals surface area contributed by atoms with Crippen LogP contribution >= 0.6 is 34.5 Å². The van der Waals surface area contributed by atoms with Gasteiger partial charge in [-0.05, 0) is 29.1 Å². The minimum absolute atomic E-state index is 0.241. The molecule has 0 aliphatic carbocycles. The minimum atomic E-state index is -0.510. The summed E-state index contributed by atoms with van der Waals surface area (Å²) in [5, 5.41) is 5.38. The van der Waals surface area contributed by atoms with Crippen molar-refractivity contribution in [2.24, 2.45) is 0 Å². The standard InChI is InChI=1S/C14H11Cl2NO3S/c15-10-4-3-9(11(16)6-10)7-17-13(18)8-20-14(19)12-2-1-5-21-12/h1-6H,7-8H2,(H,17,18). The van der Waals surface area contributed by atoms with E-state index in [2.05, 4.69) is 5.32 Å². The molecule has 4 nitrogen and oxygen atoms in total. The Hall–Kier alpha value is -1.56. The first-order chi connectivity index (χ1) is 10.1. The molecule has 0 saturated carbocycles. The predicted octanol–water partition coefficient (Wildman–Crippen LogP) is 3.53. The van der Waals surface area contributed by atoms with Crippen LogP contribution in [0.4, 0.5) is 0 Å². The van der Waals surface area contributed by atoms with Crippen molar-refractivity contribution in [1.82, 2.24) is 5.32 Å². The summed E-state index contributed by atoms with van der Waals surface area (Å²) in [5.74, 6) is -0.907. The van der Waals surface area contributed by atoms with Crippen LogP contribution in [0.5, 0.6) is 0 Å². The van der Waals surface area contributed by atoms with Gasteiger partial charge in [0, 0.05) is 16.6 Å². The quantitative estimate of drug-likeness (QED) is 0.845. The van der Waals surface area contributed by atoms with Crippen LogP contribution in [0.15, 0.2) is 35.7 Å². The Morgan fingerprint density at radius 3 is 2.71 bits per heavy atom. The summed E-state index contributed by atoms with van der Waals surface area (Å²) in [6, 6.07) is 8.39. The number of ether oxygens (including phenoxy) is 1. The van der Waals surface area contributed by atoms with Gasteiger partial charge in [-0.25, -0.2) is 4.79 Å². The number of amides is 1. The van der Waals surface area contributed by atoms with Crippen LogP contribution < -0.4 is 5.32 Å². The van der Waals surface area contributed by atoms with E-state index < -0.39 is 11.9 Å². The van der Waals surface area contributed by atoms with Gasteiger partial charge in [-0.3, -0.25) is 4.79 Å². The summed E-state index contributed by atoms with van der Waals surface area (Å²) in [6.45, 7) is -0.0900. The third-order valence-electron chi connectivity index (χ3n) is 2.55. The molecule has 0 unspecified atom stereocenters. The molecule has 110 valence electrons. The monoisotopic (exact) mass is 343 g/mol. The van der Waals surface area contributed by atoms with Crippen molar-refractivity contribution < 1.29 is 14.3 Å². The highest BCUT2D eigenvalue weighted by Crippen LogP contribution is 2.20. The van der Waals surface area contributed by atoms with Crippen molar-refractivity contribution in [2.75, 3.05) is 6.61 Å². The average molecular weight is 344 g/mol. The van der Waals surface area contributed by atoms with Crippen molar-refractivity contribution in [3.05, 3.63) is 56.2 Å². The highest BCUT2D eigenvalue weighted by molar-refractivity contribution is 7.11. The number of carbonyl (C=O) groups excluding carboxylic acids is 2. The molecular weight excluding hydrogens is 333 g/mol. The molecule has 0 atom stereocenters. The van der Waals surface area contributed by atoms with Crippen LogP contribution in [0.2, 0.25) is 10.0 Å². The first kappa shape index (κ1) is 15.8. The molecule has 1 amide bonds. The maximum Gasteiger partial charge on any atom is 0.348 e. The highest BCUT2D eigenvalue weighted by Gasteiger charge is 2.11. The van der Waals surface area contributed by atoms with Gasteiger partial charge in [0.1, 0.15) is 4.88 Å². The van der Waals surface area contributed by atoms with E-state index in [1.807, 2.05) is 0 Å². The molecule has 0 aliphatic rings. The van der Waals surface area contributed by atoms with Gasteiger partial charge in [0.05, 0.1) is 0 Å². The minimum Gasteiger partial charge on any atom is -0.451 e. The molecule has 1 aromatic carbocycles. The fourth-order valence-electron chi connectivity index (χ4n) is 1.51. The molecule has 0 aliphatic heterocycles. The summed E-state index contributed by atoms with van der Waals surface area (Å²) in [4.78, 5) is 23.6. The Balaban J connectivity index is 1.78. The van der Waals surface area contributed by atoms with E-state index in [1.54, 1.807) is 35.7 Å². The van der Waals surface area contributed by atoms with Gasteiger partial charge in [-0.1, -0.05) is 35.3 Å². The van der Waals surface area contributed by atoms with Gasteiger partial charge in [0.2, 0.25) is 0 Å². The number of carbonyl (C=O) groups is 2. The number of esters is 1. The third kappa shape index (κ3) is 4.74. The van der Waals surface area contributed by atoms with Crippen LogP contribution in [0.25, 0.3) is 0 Å². The van der Waals surface area contributed by atoms with E-state index in [1.165, 1.54) is 11.3 Å². The van der Waals surface area contributed by atoms with E-state index in [0.29, 0.717) is 14.9 Å². The zero-order valence-electron chi connectivity index (χ0n) is 10.8. The number of halogens is 2. The van der Waals surface area contributed by atoms with Crippen LogP contribution in [0, 0.1) is 0 Å². The molecule has 2 aromatic rings. The summed E-state index contributed by atoms with van der Waals surface area (Å²) < 4.78 is 4.89. The first-order valence-electron chi connectivity index (χ1n) is 5.97. The Kier molecular flexibility index (Phi) is 5.61. The largest absolute Gasteiger partial charge is 0.451 e. The number of thiophene rings is 1. The molecule has 0 spiro atoms. The highest BCUT2D eigenvalue weighted by atomic mass is 35.5. The van der Waals surface area contributed by atoms with E-state index >= 15 is 0 Å². The zero-order valence-corrected chi connectivity index (χ0v) is 13.1. The molecular formula is C14H11Cl2NO3S. The van der Waals surface area contributed by atoms with Gasteiger partial charge in [-0.15, -0.1) is 11.3 Å². The molecule has 1 N–H and O–H groups in total. The zero-order chi connectivity index (χ0) is 15.2. The number of hydrogen-bond donors (Lipinski definition) is 1. The number of benzene rings is 1. The van der Waals surface area contributed by atoms with Crippen LogP contribution in [0.3, 0.4) is 0 Å². The summed E-state index contributed by atoms with van der Waals surface area (Å²) in [7, 11) is 0. The van der Waals surface area contributed by atoms with Crippen LogP contribution in [-0.4, -0.2) is 18.5 Å². The van der Waals surface area contributed by atoms with Crippen molar-refractivity contribution in [1.29, 1.82) is 0 Å². The molecule has 7 heteroatoms. The molecule has 21 heavy (non-hydrogen) atoms. The van der Waals surface area contributed by atoms with E-state index in [-0.39, 0.29) is 13.2 Å². The Bertz CT molecular complexity index is 644. The maximum atomic E-state index is 11.6. The Morgan fingerprint density at radius 2 is 2.05 bits per heavy atom. The second kappa shape index (κ2) is 7.45. The van der Waals surface area contributed by atoms with Gasteiger partial charge < -0.3 is 10.1 Å². The fraction of sp³-hybridized carbons (Fsp3) is 0.143. The van der Waals surface area contributed by atoms with E-state index in [9.17, 15) is 9.59 Å². The number of nitrogens with one attached hydrogen (secondary N) is 1. The van der Waals surface area contributed by atoms with Crippen molar-refractivity contribution >= 4 is 46.4 Å². The Labute approximate surface area is 135 Å². The van der Waals surface area contributed by atoms with Crippen molar-refractivity contribution in [2.45, 2.75) is 6.54 Å². The molecule has 2 rings (SSSR count). The fourth-order valence-corrected chi connectivity index (χ4v) is 2.60. The van der Waals surface area contributed by atoms with Gasteiger partial charge >= 0.3 is 5.97 Å². The number of hydrogen-bond acceptors (Lipinski definition) is 4. The summed E-state index contributed by atoms with van der Waals surface area (Å²) in [6.07, 6.45) is 0. The molecule has 1 heterocycles. The van der Waals surface area contributed by atoms with E-state index in [0.717, 1.165) is 5.56 Å². The van der Waals surface area contributed by atoms with Crippen LogP contribution in [0.1, 0.15) is 15.2 Å². The SMILES string of the molecule is O=C(COC(=O)c1cccs1)NCc1ccc(Cl)cc1Cl. The normalized spacial score (nSPS) is 10.2. The molecule has 0 bridgehead atoms. The first-order valence-corrected chi connectivity index (χ1v) is 7.61. The third-order valence-corrected chi connectivity index (χ3v) is 3.98. The van der Waals surface area contributed by atoms with E-state index in [4.69, 9.17) is 27.9 Å². The van der Waals surface area contributed by atoms with Crippen LogP contribution in [-0.2, 0) is 16.1 Å². The van der Waals surface area contributed by atoms with Crippen molar-refractivity contribution in [3.8, 4) is 0 Å². The van der Waals surface area contributed by atoms with Crippen molar-refractivity contribution in [3.63, 3.8) is 0 Å². The maximum absolute atomic E-state index is 11.6. The van der Waals surface area contributed by atoms with Gasteiger partial charge in [-0.2, -0.15) is 0 Å². The second-order valence-corrected chi connectivity index (χ2v) is 5.86. The lowest BCUT2D eigenvalue weighted by Crippen LogP contribution is -2.28. The summed E-state index contributed by atoms with van der Waals surface area (Å²) in [5.41, 5.74) is 0.735. The predicted molar refractivity (Wildman–Crippen MR) is 82.9 cm³/mol. The molecule has 0 saturated heterocycles. The lowest BCUT2D eigenvalue weighted by atomic mass is 10.2. The topological polar surface area (TPSA) is 55.4 Å². The molecule has 0 radical (unpaired) electrons. The molecule has 1 aromatic heterocycles. The molecule has 0 fully saturated rings. The Morgan fingerprint density at radius 1 is 1.24 bits per heavy atom. The lowest BCUT2D eigenvalue weighted by Gasteiger charge is -2.07. The second-order valence-electron chi connectivity index (χ2n) is 4.07. The average Bonchev–Trinajstić information content (AvgIpc) is 2.98. The number of rotatable bonds is 5. The van der Waals surface area contributed by atoms with Gasteiger partial charge in [0.15, 0.2) is 6.61 Å². The smallest absolute Gasteiger partial charge is 0.348 e. The van der Waals surface area contributed by atoms with Gasteiger partial charge in [0.25, 0.3) is 5.91 Å². The summed E-state index contributed by atoms with van der Waals surface area (Å²) >= 11 is 13.0.